The summed E-state index contributed by atoms with van der Waals surface area (Å²) in [5.74, 6) is 0.667. The van der Waals surface area contributed by atoms with Gasteiger partial charge in [0.15, 0.2) is 5.65 Å². The molecule has 5 heterocycles. The largest absolute Gasteiger partial charge is 0.487 e. The van der Waals surface area contributed by atoms with Crippen LogP contribution in [0.3, 0.4) is 0 Å². The van der Waals surface area contributed by atoms with E-state index in [1.54, 1.807) is 29.2 Å². The number of aryl methyl sites for hydroxylation is 1. The van der Waals surface area contributed by atoms with Crippen LogP contribution in [0, 0.1) is 0 Å². The number of nitrogens with one attached hydrogen (secondary N) is 1. The van der Waals surface area contributed by atoms with Gasteiger partial charge in [0.2, 0.25) is 0 Å². The van der Waals surface area contributed by atoms with Crippen LogP contribution >= 0.6 is 0 Å². The predicted molar refractivity (Wildman–Crippen MR) is 136 cm³/mol. The van der Waals surface area contributed by atoms with Crippen LogP contribution in [0.1, 0.15) is 35.5 Å². The average molecular weight is 487 g/mol. The quantitative estimate of drug-likeness (QED) is 0.464. The van der Waals surface area contributed by atoms with Crippen molar-refractivity contribution < 1.29 is 9.53 Å². The molecule has 1 amide bonds. The Morgan fingerprint density at radius 3 is 2.78 bits per heavy atom. The second-order valence-corrected chi connectivity index (χ2v) is 10.2. The number of carbonyl (C=O) groups excluding carboxylic acids is 1. The Labute approximate surface area is 209 Å². The van der Waals surface area contributed by atoms with Gasteiger partial charge in [-0.25, -0.2) is 14.5 Å². The number of carbonyl (C=O) groups is 1. The molecule has 0 bridgehead atoms. The van der Waals surface area contributed by atoms with Crippen molar-refractivity contribution in [2.75, 3.05) is 36.4 Å². The molecule has 36 heavy (non-hydrogen) atoms. The van der Waals surface area contributed by atoms with Crippen molar-refractivity contribution >= 4 is 22.9 Å². The predicted octanol–water partition coefficient (Wildman–Crippen LogP) is 2.75. The van der Waals surface area contributed by atoms with Crippen molar-refractivity contribution in [3.8, 4) is 5.75 Å². The van der Waals surface area contributed by atoms with Crippen molar-refractivity contribution in [1.29, 1.82) is 0 Å². The molecule has 3 aromatic heterocycles. The highest BCUT2D eigenvalue weighted by atomic mass is 16.5. The molecule has 1 N–H and O–H groups in total. The topological polar surface area (TPSA) is 92.8 Å². The minimum absolute atomic E-state index is 0.224. The fraction of sp³-hybridized carbons (Fsp3) is 0.385. The van der Waals surface area contributed by atoms with Gasteiger partial charge >= 0.3 is 0 Å². The van der Waals surface area contributed by atoms with Gasteiger partial charge in [0.25, 0.3) is 5.91 Å². The molecule has 0 aliphatic carbocycles. The van der Waals surface area contributed by atoms with E-state index in [0.717, 1.165) is 61.8 Å². The lowest BCUT2D eigenvalue weighted by molar-refractivity contribution is 0.102. The first kappa shape index (κ1) is 22.5. The number of ether oxygens (including phenoxy) is 1. The lowest BCUT2D eigenvalue weighted by Gasteiger charge is -2.37. The number of hydrogen-bond acceptors (Lipinski definition) is 7. The van der Waals surface area contributed by atoms with Gasteiger partial charge in [0, 0.05) is 76.4 Å². The number of piperazine rings is 1. The zero-order chi connectivity index (χ0) is 24.9. The Hall–Kier alpha value is -3.92. The monoisotopic (exact) mass is 486 g/mol. The third kappa shape index (κ3) is 4.17. The summed E-state index contributed by atoms with van der Waals surface area (Å²) in [4.78, 5) is 26.7. The molecule has 0 radical (unpaired) electrons. The van der Waals surface area contributed by atoms with Gasteiger partial charge in [-0.3, -0.25) is 9.69 Å². The van der Waals surface area contributed by atoms with Gasteiger partial charge in [-0.15, -0.1) is 0 Å². The summed E-state index contributed by atoms with van der Waals surface area (Å²) < 4.78 is 9.91. The van der Waals surface area contributed by atoms with Gasteiger partial charge in [0.1, 0.15) is 16.9 Å². The van der Waals surface area contributed by atoms with E-state index >= 15 is 0 Å². The van der Waals surface area contributed by atoms with E-state index in [-0.39, 0.29) is 11.5 Å². The van der Waals surface area contributed by atoms with Crippen LogP contribution in [0.15, 0.2) is 49.3 Å². The number of anilines is 2. The van der Waals surface area contributed by atoms with E-state index in [1.807, 2.05) is 19.6 Å². The second kappa shape index (κ2) is 8.63. The molecule has 2 aliphatic rings. The Balaban J connectivity index is 1.26. The van der Waals surface area contributed by atoms with Crippen LogP contribution in [0.2, 0.25) is 0 Å². The highest BCUT2D eigenvalue weighted by molar-refractivity contribution is 6.09. The van der Waals surface area contributed by atoms with E-state index in [0.29, 0.717) is 11.2 Å². The number of aromatic nitrogens is 5. The van der Waals surface area contributed by atoms with Crippen molar-refractivity contribution in [3.63, 3.8) is 0 Å². The van der Waals surface area contributed by atoms with Crippen LogP contribution < -0.4 is 15.0 Å². The maximum absolute atomic E-state index is 13.3. The average Bonchev–Trinajstić information content (AvgIpc) is 3.54. The molecule has 1 saturated heterocycles. The number of amides is 1. The molecule has 10 nitrogen and oxygen atoms in total. The summed E-state index contributed by atoms with van der Waals surface area (Å²) in [7, 11) is 2.03. The molecule has 186 valence electrons. The number of hydrogen-bond donors (Lipinski definition) is 1. The lowest BCUT2D eigenvalue weighted by Crippen LogP contribution is -2.46. The Kier molecular flexibility index (Phi) is 5.40. The van der Waals surface area contributed by atoms with E-state index in [1.165, 1.54) is 5.69 Å². The summed E-state index contributed by atoms with van der Waals surface area (Å²) in [5.41, 5.74) is 4.78. The normalized spacial score (nSPS) is 17.2. The molecule has 0 atom stereocenters. The van der Waals surface area contributed by atoms with E-state index in [2.05, 4.69) is 60.7 Å². The molecule has 0 saturated carbocycles. The van der Waals surface area contributed by atoms with Crippen LogP contribution in [-0.4, -0.2) is 66.7 Å². The van der Waals surface area contributed by atoms with Gasteiger partial charge in [-0.2, -0.15) is 5.10 Å². The molecule has 4 aromatic rings. The van der Waals surface area contributed by atoms with Gasteiger partial charge in [-0.1, -0.05) is 0 Å². The van der Waals surface area contributed by atoms with Crippen molar-refractivity contribution in [2.24, 2.45) is 7.05 Å². The first-order valence-corrected chi connectivity index (χ1v) is 12.2. The molecule has 0 unspecified atom stereocenters. The van der Waals surface area contributed by atoms with Crippen LogP contribution in [0.4, 0.5) is 11.4 Å². The van der Waals surface area contributed by atoms with E-state index in [4.69, 9.17) is 4.74 Å². The first-order chi connectivity index (χ1) is 17.4. The number of fused-ring (bicyclic) bond motifs is 2. The zero-order valence-electron chi connectivity index (χ0n) is 20.8. The molecule has 0 spiro atoms. The summed E-state index contributed by atoms with van der Waals surface area (Å²) in [6.07, 6.45) is 9.57. The maximum atomic E-state index is 13.3. The molecule has 2 aliphatic heterocycles. The van der Waals surface area contributed by atoms with Crippen molar-refractivity contribution in [2.45, 2.75) is 32.4 Å². The third-order valence-electron chi connectivity index (χ3n) is 6.97. The van der Waals surface area contributed by atoms with Crippen molar-refractivity contribution in [3.05, 3.63) is 66.1 Å². The highest BCUT2D eigenvalue weighted by Crippen LogP contribution is 2.42. The Bertz CT molecular complexity index is 1430. The number of rotatable bonds is 5. The molecule has 1 fully saturated rings. The molecule has 1 aromatic carbocycles. The van der Waals surface area contributed by atoms with E-state index in [9.17, 15) is 4.79 Å². The second-order valence-electron chi connectivity index (χ2n) is 10.2. The minimum atomic E-state index is -0.267. The van der Waals surface area contributed by atoms with Crippen LogP contribution in [0.25, 0.3) is 5.65 Å². The smallest absolute Gasteiger partial charge is 0.261 e. The van der Waals surface area contributed by atoms with Crippen LogP contribution in [-0.2, 0) is 20.0 Å². The summed E-state index contributed by atoms with van der Waals surface area (Å²) in [6, 6.07) is 5.94. The Morgan fingerprint density at radius 1 is 1.17 bits per heavy atom. The molecular weight excluding hydrogens is 456 g/mol. The fourth-order valence-corrected chi connectivity index (χ4v) is 5.09. The van der Waals surface area contributed by atoms with Gasteiger partial charge in [-0.05, 0) is 26.0 Å². The number of nitrogens with zero attached hydrogens (tertiary/aromatic N) is 7. The molecule has 6 rings (SSSR count). The van der Waals surface area contributed by atoms with E-state index < -0.39 is 0 Å². The van der Waals surface area contributed by atoms with Gasteiger partial charge in [0.05, 0.1) is 29.6 Å². The summed E-state index contributed by atoms with van der Waals surface area (Å²) >= 11 is 0. The fourth-order valence-electron chi connectivity index (χ4n) is 5.09. The SMILES string of the molecule is Cn1cncc1CN1CCN(c2cc3c(cc2NC(=O)c2cnn4cccnc24)CC(C)(C)O3)CC1. The highest BCUT2D eigenvalue weighted by Gasteiger charge is 2.32. The van der Waals surface area contributed by atoms with Crippen LogP contribution in [0.5, 0.6) is 5.75 Å². The first-order valence-electron chi connectivity index (χ1n) is 12.2. The molecule has 10 heteroatoms. The van der Waals surface area contributed by atoms with Gasteiger partial charge < -0.3 is 19.5 Å². The number of imidazole rings is 1. The standard InChI is InChI=1S/C26H30N8O2/c1-26(2)13-18-11-21(30-25(35)20-15-29-34-6-4-5-28-24(20)34)22(12-23(18)36-26)33-9-7-32(8-10-33)16-19-14-27-17-31(19)3/h4-6,11-12,14-15,17H,7-10,13,16H2,1-3H3,(H,30,35). The molecular formula is C26H30N8O2. The minimum Gasteiger partial charge on any atom is -0.487 e. The summed E-state index contributed by atoms with van der Waals surface area (Å²) in [6.45, 7) is 8.58. The third-order valence-corrected chi connectivity index (χ3v) is 6.97. The maximum Gasteiger partial charge on any atom is 0.261 e. The Morgan fingerprint density at radius 2 is 2.00 bits per heavy atom. The zero-order valence-corrected chi connectivity index (χ0v) is 20.8. The summed E-state index contributed by atoms with van der Waals surface area (Å²) in [5, 5.41) is 7.43. The van der Waals surface area contributed by atoms with Crippen molar-refractivity contribution in [1.82, 2.24) is 29.0 Å². The lowest BCUT2D eigenvalue weighted by atomic mass is 10.0. The number of benzene rings is 1.